The molecule has 0 aromatic carbocycles. The third-order valence-corrected chi connectivity index (χ3v) is 5.37. The van der Waals surface area contributed by atoms with E-state index in [4.69, 9.17) is 5.73 Å². The maximum atomic E-state index is 12.7. The Morgan fingerprint density at radius 1 is 1.52 bits per heavy atom. The third kappa shape index (κ3) is 3.18. The second kappa shape index (κ2) is 7.02. The summed E-state index contributed by atoms with van der Waals surface area (Å²) in [6.45, 7) is 5.70. The first-order valence-corrected chi connectivity index (χ1v) is 9.03. The topological polar surface area (TPSA) is 110 Å². The first kappa shape index (κ1) is 17.3. The Morgan fingerprint density at radius 2 is 2.22 bits per heavy atom. The number of carbonyl (C=O) groups excluding carboxylic acids is 1. The molecule has 0 bridgehead atoms. The van der Waals surface area contributed by atoms with Crippen LogP contribution >= 0.6 is 23.1 Å². The number of carbonyl (C=O) groups is 1. The third-order valence-electron chi connectivity index (χ3n) is 3.61. The lowest BCUT2D eigenvalue weighted by molar-refractivity contribution is -0.119. The molecule has 0 aliphatic rings. The number of nitrogens with one attached hydrogen (secondary N) is 1. The number of anilines is 2. The smallest absolute Gasteiger partial charge is 0.248 e. The van der Waals surface area contributed by atoms with E-state index in [1.807, 2.05) is 27.0 Å². The van der Waals surface area contributed by atoms with Gasteiger partial charge in [0.15, 0.2) is 5.16 Å². The van der Waals surface area contributed by atoms with Crippen LogP contribution in [-0.2, 0) is 4.79 Å². The Labute approximate surface area is 142 Å². The SMILES string of the molecule is CCC(C(=O)Nc1sc(C)c(C)c1C#N)n1c(N)nnc1SC. The fraction of sp³-hybridized carbons (Fsp3) is 0.429. The lowest BCUT2D eigenvalue weighted by atomic mass is 10.1. The van der Waals surface area contributed by atoms with Gasteiger partial charge in [0.25, 0.3) is 0 Å². The van der Waals surface area contributed by atoms with Crippen molar-refractivity contribution in [2.24, 2.45) is 0 Å². The molecule has 0 spiro atoms. The molecule has 1 amide bonds. The number of rotatable bonds is 5. The molecule has 0 saturated heterocycles. The Morgan fingerprint density at radius 3 is 2.78 bits per heavy atom. The molecule has 2 aromatic heterocycles. The van der Waals surface area contributed by atoms with Crippen molar-refractivity contribution in [2.45, 2.75) is 38.4 Å². The van der Waals surface area contributed by atoms with Crippen LogP contribution in [0.2, 0.25) is 0 Å². The van der Waals surface area contributed by atoms with E-state index in [2.05, 4.69) is 21.6 Å². The first-order valence-electron chi connectivity index (χ1n) is 6.99. The number of nitrogen functional groups attached to an aromatic ring is 1. The van der Waals surface area contributed by atoms with Gasteiger partial charge in [0, 0.05) is 4.88 Å². The van der Waals surface area contributed by atoms with Crippen molar-refractivity contribution >= 4 is 40.0 Å². The molecular weight excluding hydrogens is 332 g/mol. The van der Waals surface area contributed by atoms with Crippen LogP contribution in [0.5, 0.6) is 0 Å². The number of aromatic nitrogens is 3. The Bertz CT molecular complexity index is 773. The van der Waals surface area contributed by atoms with Crippen LogP contribution in [0.4, 0.5) is 10.9 Å². The van der Waals surface area contributed by atoms with Gasteiger partial charge in [0.05, 0.1) is 5.56 Å². The quantitative estimate of drug-likeness (QED) is 0.802. The summed E-state index contributed by atoms with van der Waals surface area (Å²) in [4.78, 5) is 13.7. The van der Waals surface area contributed by atoms with Crippen LogP contribution in [0.1, 0.15) is 35.4 Å². The van der Waals surface area contributed by atoms with Crippen molar-refractivity contribution in [3.8, 4) is 6.07 Å². The predicted octanol–water partition coefficient (Wildman–Crippen LogP) is 2.72. The molecule has 3 N–H and O–H groups in total. The molecule has 2 heterocycles. The zero-order valence-corrected chi connectivity index (χ0v) is 15.0. The average molecular weight is 350 g/mol. The van der Waals surface area contributed by atoms with Gasteiger partial charge in [-0.25, -0.2) is 0 Å². The molecular formula is C14H18N6OS2. The summed E-state index contributed by atoms with van der Waals surface area (Å²) in [7, 11) is 0. The van der Waals surface area contributed by atoms with E-state index in [1.54, 1.807) is 4.57 Å². The van der Waals surface area contributed by atoms with Gasteiger partial charge in [0.2, 0.25) is 11.9 Å². The summed E-state index contributed by atoms with van der Waals surface area (Å²) >= 11 is 2.78. The minimum absolute atomic E-state index is 0.204. The number of nitriles is 1. The molecule has 7 nitrogen and oxygen atoms in total. The highest BCUT2D eigenvalue weighted by molar-refractivity contribution is 7.98. The molecule has 0 aliphatic heterocycles. The van der Waals surface area contributed by atoms with Crippen LogP contribution in [0, 0.1) is 25.2 Å². The number of thiophene rings is 1. The fourth-order valence-corrected chi connectivity index (χ4v) is 3.80. The Hall–Kier alpha value is -2.05. The van der Waals surface area contributed by atoms with Crippen LogP contribution in [-0.4, -0.2) is 26.9 Å². The summed E-state index contributed by atoms with van der Waals surface area (Å²) in [5.41, 5.74) is 7.26. The largest absolute Gasteiger partial charge is 0.368 e. The number of nitrogens with zero attached hydrogens (tertiary/aromatic N) is 4. The van der Waals surface area contributed by atoms with Crippen LogP contribution in [0.3, 0.4) is 0 Å². The van der Waals surface area contributed by atoms with Gasteiger partial charge in [0.1, 0.15) is 17.1 Å². The summed E-state index contributed by atoms with van der Waals surface area (Å²) in [6.07, 6.45) is 2.39. The molecule has 2 rings (SSSR count). The van der Waals surface area contributed by atoms with Gasteiger partial charge in [-0.1, -0.05) is 18.7 Å². The minimum atomic E-state index is -0.526. The zero-order chi connectivity index (χ0) is 17.1. The van der Waals surface area contributed by atoms with E-state index in [-0.39, 0.29) is 11.9 Å². The molecule has 122 valence electrons. The monoisotopic (exact) mass is 350 g/mol. The van der Waals surface area contributed by atoms with E-state index >= 15 is 0 Å². The van der Waals surface area contributed by atoms with E-state index in [0.29, 0.717) is 22.1 Å². The summed E-state index contributed by atoms with van der Waals surface area (Å²) < 4.78 is 1.62. The molecule has 0 fully saturated rings. The fourth-order valence-electron chi connectivity index (χ4n) is 2.25. The minimum Gasteiger partial charge on any atom is -0.368 e. The number of hydrogen-bond acceptors (Lipinski definition) is 7. The zero-order valence-electron chi connectivity index (χ0n) is 13.4. The molecule has 9 heteroatoms. The van der Waals surface area contributed by atoms with E-state index < -0.39 is 6.04 Å². The number of hydrogen-bond donors (Lipinski definition) is 2. The van der Waals surface area contributed by atoms with Crippen molar-refractivity contribution in [3.63, 3.8) is 0 Å². The van der Waals surface area contributed by atoms with Crippen LogP contribution in [0.15, 0.2) is 5.16 Å². The first-order chi connectivity index (χ1) is 10.9. The average Bonchev–Trinajstić information content (AvgIpc) is 3.01. The van der Waals surface area contributed by atoms with Crippen LogP contribution < -0.4 is 11.1 Å². The molecule has 0 saturated carbocycles. The van der Waals surface area contributed by atoms with Crippen molar-refractivity contribution < 1.29 is 4.79 Å². The van der Waals surface area contributed by atoms with Gasteiger partial charge < -0.3 is 11.1 Å². The number of amides is 1. The van der Waals surface area contributed by atoms with Crippen molar-refractivity contribution in [1.82, 2.24) is 14.8 Å². The molecule has 0 aliphatic carbocycles. The van der Waals surface area contributed by atoms with Gasteiger partial charge in [-0.15, -0.1) is 21.5 Å². The van der Waals surface area contributed by atoms with E-state index in [9.17, 15) is 10.1 Å². The summed E-state index contributed by atoms with van der Waals surface area (Å²) in [6, 6.07) is 1.62. The highest BCUT2D eigenvalue weighted by Gasteiger charge is 2.26. The van der Waals surface area contributed by atoms with E-state index in [0.717, 1.165) is 10.4 Å². The second-order valence-corrected chi connectivity index (χ2v) is 6.93. The highest BCUT2D eigenvalue weighted by atomic mass is 32.2. The number of thioether (sulfide) groups is 1. The standard InChI is InChI=1S/C14H18N6OS2/c1-5-10(20-13(16)18-19-14(20)22-4)11(21)17-12-9(6-15)7(2)8(3)23-12/h10H,5H2,1-4H3,(H2,16,18)(H,17,21). The molecule has 1 atom stereocenters. The highest BCUT2D eigenvalue weighted by Crippen LogP contribution is 2.33. The van der Waals surface area contributed by atoms with E-state index in [1.165, 1.54) is 23.1 Å². The normalized spacial score (nSPS) is 12.0. The van der Waals surface area contributed by atoms with Crippen LogP contribution in [0.25, 0.3) is 0 Å². The Balaban J connectivity index is 2.34. The van der Waals surface area contributed by atoms with Gasteiger partial charge in [-0.3, -0.25) is 9.36 Å². The van der Waals surface area contributed by atoms with Gasteiger partial charge in [-0.2, -0.15) is 5.26 Å². The maximum absolute atomic E-state index is 12.7. The molecule has 1 unspecified atom stereocenters. The molecule has 2 aromatic rings. The van der Waals surface area contributed by atoms with Gasteiger partial charge >= 0.3 is 0 Å². The van der Waals surface area contributed by atoms with Crippen molar-refractivity contribution in [1.29, 1.82) is 5.26 Å². The lowest BCUT2D eigenvalue weighted by Crippen LogP contribution is -2.27. The molecule has 0 radical (unpaired) electrons. The predicted molar refractivity (Wildman–Crippen MR) is 92.7 cm³/mol. The lowest BCUT2D eigenvalue weighted by Gasteiger charge is -2.18. The second-order valence-electron chi connectivity index (χ2n) is 4.93. The Kier molecular flexibility index (Phi) is 5.28. The summed E-state index contributed by atoms with van der Waals surface area (Å²) in [5, 5.41) is 21.1. The van der Waals surface area contributed by atoms with Gasteiger partial charge in [-0.05, 0) is 32.1 Å². The number of nitrogens with two attached hydrogens (primary N) is 1. The van der Waals surface area contributed by atoms with Crippen molar-refractivity contribution in [3.05, 3.63) is 16.0 Å². The summed E-state index contributed by atoms with van der Waals surface area (Å²) in [5.74, 6) is -0.0255. The van der Waals surface area contributed by atoms with Crippen molar-refractivity contribution in [2.75, 3.05) is 17.3 Å². The maximum Gasteiger partial charge on any atom is 0.248 e. The molecule has 23 heavy (non-hydrogen) atoms. The number of aryl methyl sites for hydroxylation is 1.